The van der Waals surface area contributed by atoms with Gasteiger partial charge in [-0.25, -0.2) is 4.98 Å². The van der Waals surface area contributed by atoms with E-state index in [1.165, 1.54) is 0 Å². The topological polar surface area (TPSA) is 63.8 Å². The number of aryl methyl sites for hydroxylation is 1. The third-order valence-corrected chi connectivity index (χ3v) is 3.47. The van der Waals surface area contributed by atoms with Crippen LogP contribution in [0.15, 0.2) is 40.9 Å². The summed E-state index contributed by atoms with van der Waals surface area (Å²) in [5.74, 6) is 2.68. The lowest BCUT2D eigenvalue weighted by atomic mass is 10.2. The average Bonchev–Trinajstić information content (AvgIpc) is 3.00. The Kier molecular flexibility index (Phi) is 4.32. The van der Waals surface area contributed by atoms with Gasteiger partial charge in [0.25, 0.3) is 0 Å². The van der Waals surface area contributed by atoms with E-state index in [-0.39, 0.29) is 0 Å². The van der Waals surface area contributed by atoms with Gasteiger partial charge < -0.3 is 9.84 Å². The summed E-state index contributed by atoms with van der Waals surface area (Å²) in [5, 5.41) is 8.46. The molecule has 3 rings (SSSR count). The Balaban J connectivity index is 1.51. The first kappa shape index (κ1) is 14.5. The van der Waals surface area contributed by atoms with Gasteiger partial charge in [0, 0.05) is 24.3 Å². The molecule has 2 heterocycles. The zero-order valence-electron chi connectivity index (χ0n) is 12.9. The summed E-state index contributed by atoms with van der Waals surface area (Å²) in [4.78, 5) is 8.96. The molecule has 0 bridgehead atoms. The van der Waals surface area contributed by atoms with Crippen LogP contribution in [0, 0.1) is 0 Å². The number of nitrogens with zero attached hydrogens (tertiary/aromatic N) is 3. The van der Waals surface area contributed by atoms with E-state index < -0.39 is 0 Å². The number of rotatable bonds is 6. The van der Waals surface area contributed by atoms with Gasteiger partial charge in [0.15, 0.2) is 5.82 Å². The fourth-order valence-corrected chi connectivity index (χ4v) is 2.22. The van der Waals surface area contributed by atoms with E-state index in [2.05, 4.69) is 46.4 Å². The van der Waals surface area contributed by atoms with E-state index in [4.69, 9.17) is 4.52 Å². The van der Waals surface area contributed by atoms with E-state index in [1.807, 2.05) is 24.3 Å². The lowest BCUT2D eigenvalue weighted by Crippen LogP contribution is -2.04. The van der Waals surface area contributed by atoms with Crippen molar-refractivity contribution in [3.63, 3.8) is 0 Å². The largest absolute Gasteiger partial charge is 0.370 e. The second kappa shape index (κ2) is 6.56. The molecule has 0 aliphatic heterocycles. The fraction of sp³-hybridized carbons (Fsp3) is 0.353. The van der Waals surface area contributed by atoms with Crippen LogP contribution in [0.25, 0.3) is 10.9 Å². The molecule has 22 heavy (non-hydrogen) atoms. The molecule has 0 saturated carbocycles. The highest BCUT2D eigenvalue weighted by atomic mass is 16.5. The molecular formula is C17H20N4O. The van der Waals surface area contributed by atoms with E-state index >= 15 is 0 Å². The van der Waals surface area contributed by atoms with Gasteiger partial charge in [0.2, 0.25) is 5.89 Å². The van der Waals surface area contributed by atoms with E-state index in [9.17, 15) is 0 Å². The van der Waals surface area contributed by atoms with Gasteiger partial charge in [-0.3, -0.25) is 0 Å². The molecule has 0 saturated heterocycles. The molecule has 0 spiro atoms. The Hall–Kier alpha value is -2.43. The predicted octanol–water partition coefficient (Wildman–Crippen LogP) is 3.79. The maximum atomic E-state index is 5.23. The van der Waals surface area contributed by atoms with E-state index in [0.29, 0.717) is 11.8 Å². The van der Waals surface area contributed by atoms with Crippen LogP contribution in [0.5, 0.6) is 0 Å². The van der Waals surface area contributed by atoms with Crippen LogP contribution in [0.2, 0.25) is 0 Å². The minimum atomic E-state index is 0.303. The zero-order chi connectivity index (χ0) is 15.4. The number of nitrogens with one attached hydrogen (secondary N) is 1. The van der Waals surface area contributed by atoms with Gasteiger partial charge in [-0.15, -0.1) is 0 Å². The molecule has 114 valence electrons. The lowest BCUT2D eigenvalue weighted by molar-refractivity contribution is 0.369. The van der Waals surface area contributed by atoms with Crippen molar-refractivity contribution in [2.24, 2.45) is 0 Å². The molecule has 1 N–H and O–H groups in total. The van der Waals surface area contributed by atoms with Crippen molar-refractivity contribution in [1.29, 1.82) is 0 Å². The normalized spacial score (nSPS) is 11.2. The van der Waals surface area contributed by atoms with Crippen molar-refractivity contribution in [3.05, 3.63) is 48.1 Å². The molecule has 0 aliphatic carbocycles. The van der Waals surface area contributed by atoms with Gasteiger partial charge in [-0.05, 0) is 24.6 Å². The summed E-state index contributed by atoms with van der Waals surface area (Å²) in [5.41, 5.74) is 1.01. The monoisotopic (exact) mass is 296 g/mol. The fourth-order valence-electron chi connectivity index (χ4n) is 2.22. The number of anilines is 1. The molecule has 5 heteroatoms. The summed E-state index contributed by atoms with van der Waals surface area (Å²) in [7, 11) is 0. The number of aromatic nitrogens is 3. The van der Waals surface area contributed by atoms with Crippen LogP contribution in [-0.4, -0.2) is 21.7 Å². The molecular weight excluding hydrogens is 276 g/mol. The smallest absolute Gasteiger partial charge is 0.226 e. The lowest BCUT2D eigenvalue weighted by Gasteiger charge is -2.05. The van der Waals surface area contributed by atoms with Crippen molar-refractivity contribution >= 4 is 16.7 Å². The first-order valence-corrected chi connectivity index (χ1v) is 7.64. The summed E-state index contributed by atoms with van der Waals surface area (Å²) in [6, 6.07) is 12.2. The number of para-hydroxylation sites is 1. The van der Waals surface area contributed by atoms with Gasteiger partial charge in [-0.1, -0.05) is 37.2 Å². The Morgan fingerprint density at radius 3 is 2.77 bits per heavy atom. The zero-order valence-corrected chi connectivity index (χ0v) is 12.9. The van der Waals surface area contributed by atoms with Crippen molar-refractivity contribution < 1.29 is 4.52 Å². The second-order valence-corrected chi connectivity index (χ2v) is 5.62. The predicted molar refractivity (Wildman–Crippen MR) is 86.9 cm³/mol. The van der Waals surface area contributed by atoms with Crippen LogP contribution in [0.4, 0.5) is 5.82 Å². The van der Waals surface area contributed by atoms with Crippen LogP contribution >= 0.6 is 0 Å². The first-order valence-electron chi connectivity index (χ1n) is 7.64. The molecule has 0 amide bonds. The summed E-state index contributed by atoms with van der Waals surface area (Å²) < 4.78 is 5.23. The molecule has 1 aromatic carbocycles. The van der Waals surface area contributed by atoms with Crippen LogP contribution in [-0.2, 0) is 6.42 Å². The Morgan fingerprint density at radius 1 is 1.09 bits per heavy atom. The number of benzene rings is 1. The van der Waals surface area contributed by atoms with Crippen molar-refractivity contribution in [1.82, 2.24) is 15.1 Å². The van der Waals surface area contributed by atoms with Gasteiger partial charge in [0.05, 0.1) is 5.52 Å². The Labute approximate surface area is 129 Å². The maximum Gasteiger partial charge on any atom is 0.226 e. The molecule has 2 aromatic heterocycles. The van der Waals surface area contributed by atoms with Crippen molar-refractivity contribution in [2.75, 3.05) is 11.9 Å². The highest BCUT2D eigenvalue weighted by Gasteiger charge is 2.09. The summed E-state index contributed by atoms with van der Waals surface area (Å²) >= 11 is 0. The molecule has 3 aromatic rings. The minimum Gasteiger partial charge on any atom is -0.370 e. The SMILES string of the molecule is CC(C)c1noc(CCCNc2ccc3ccccc3n2)n1. The van der Waals surface area contributed by atoms with E-state index in [0.717, 1.165) is 41.9 Å². The van der Waals surface area contributed by atoms with E-state index in [1.54, 1.807) is 0 Å². The average molecular weight is 296 g/mol. The molecule has 0 radical (unpaired) electrons. The highest BCUT2D eigenvalue weighted by molar-refractivity contribution is 5.79. The molecule has 0 unspecified atom stereocenters. The summed E-state index contributed by atoms with van der Waals surface area (Å²) in [6.45, 7) is 4.94. The Bertz CT molecular complexity index is 751. The first-order chi connectivity index (χ1) is 10.7. The van der Waals surface area contributed by atoms with Gasteiger partial charge in [0.1, 0.15) is 5.82 Å². The van der Waals surface area contributed by atoms with Crippen molar-refractivity contribution in [3.8, 4) is 0 Å². The molecule has 5 nitrogen and oxygen atoms in total. The number of pyridine rings is 1. The molecule has 0 atom stereocenters. The quantitative estimate of drug-likeness (QED) is 0.701. The molecule has 0 fully saturated rings. The van der Waals surface area contributed by atoms with Gasteiger partial charge >= 0.3 is 0 Å². The second-order valence-electron chi connectivity index (χ2n) is 5.62. The van der Waals surface area contributed by atoms with Crippen LogP contribution in [0.3, 0.4) is 0 Å². The van der Waals surface area contributed by atoms with Crippen LogP contribution < -0.4 is 5.32 Å². The van der Waals surface area contributed by atoms with Crippen molar-refractivity contribution in [2.45, 2.75) is 32.6 Å². The highest BCUT2D eigenvalue weighted by Crippen LogP contribution is 2.15. The number of hydrogen-bond donors (Lipinski definition) is 1. The number of fused-ring (bicyclic) bond motifs is 1. The van der Waals surface area contributed by atoms with Crippen LogP contribution in [0.1, 0.15) is 37.9 Å². The summed E-state index contributed by atoms with van der Waals surface area (Å²) in [6.07, 6.45) is 1.70. The third kappa shape index (κ3) is 3.42. The maximum absolute atomic E-state index is 5.23. The Morgan fingerprint density at radius 2 is 1.95 bits per heavy atom. The minimum absolute atomic E-state index is 0.303. The van der Waals surface area contributed by atoms with Gasteiger partial charge in [-0.2, -0.15) is 4.98 Å². The molecule has 0 aliphatic rings. The standard InChI is InChI=1S/C17H20N4O/c1-12(2)17-20-16(22-21-17)8-5-11-18-15-10-9-13-6-3-4-7-14(13)19-15/h3-4,6-7,9-10,12H,5,8,11H2,1-2H3,(H,18,19). The third-order valence-electron chi connectivity index (χ3n) is 3.47. The number of hydrogen-bond acceptors (Lipinski definition) is 5.